The van der Waals surface area contributed by atoms with Gasteiger partial charge >= 0.3 is 0 Å². The van der Waals surface area contributed by atoms with Crippen LogP contribution >= 0.6 is 15.9 Å². The van der Waals surface area contributed by atoms with Crippen LogP contribution in [0.5, 0.6) is 0 Å². The zero-order valence-electron chi connectivity index (χ0n) is 11.4. The van der Waals surface area contributed by atoms with Gasteiger partial charge in [-0.25, -0.2) is 8.78 Å². The minimum atomic E-state index is -0.535. The summed E-state index contributed by atoms with van der Waals surface area (Å²) in [6.45, 7) is 0. The van der Waals surface area contributed by atoms with Gasteiger partial charge in [0.1, 0.15) is 23.0 Å². The molecule has 0 amide bonds. The van der Waals surface area contributed by atoms with Crippen molar-refractivity contribution in [3.63, 3.8) is 0 Å². The smallest absolute Gasteiger partial charge is 0.200 e. The van der Waals surface area contributed by atoms with E-state index in [0.717, 1.165) is 6.07 Å². The van der Waals surface area contributed by atoms with Gasteiger partial charge in [0, 0.05) is 17.3 Å². The lowest BCUT2D eigenvalue weighted by atomic mass is 10.0. The van der Waals surface area contributed by atoms with Crippen LogP contribution in [0.3, 0.4) is 0 Å². The van der Waals surface area contributed by atoms with E-state index in [0.29, 0.717) is 23.1 Å². The molecule has 1 aromatic heterocycles. The highest BCUT2D eigenvalue weighted by Crippen LogP contribution is 2.27. The maximum atomic E-state index is 14.1. The summed E-state index contributed by atoms with van der Waals surface area (Å²) in [5.74, 6) is -0.667. The van der Waals surface area contributed by atoms with Gasteiger partial charge < -0.3 is 4.42 Å². The molecule has 22 heavy (non-hydrogen) atoms. The van der Waals surface area contributed by atoms with Gasteiger partial charge in [-0.05, 0) is 24.3 Å². The first-order valence-electron chi connectivity index (χ1n) is 6.68. The number of hydrogen-bond acceptors (Lipinski definition) is 2. The van der Waals surface area contributed by atoms with Crippen LogP contribution in [0, 0.1) is 11.6 Å². The maximum absolute atomic E-state index is 14.1. The lowest BCUT2D eigenvalue weighted by Crippen LogP contribution is -2.10. The Balaban J connectivity index is 2.41. The van der Waals surface area contributed by atoms with Gasteiger partial charge in [-0.3, -0.25) is 4.79 Å². The molecule has 0 aliphatic rings. The van der Waals surface area contributed by atoms with E-state index in [1.807, 2.05) is 0 Å². The lowest BCUT2D eigenvalue weighted by molar-refractivity contribution is 0.544. The summed E-state index contributed by atoms with van der Waals surface area (Å²) in [4.78, 5) is 12.7. The zero-order chi connectivity index (χ0) is 15.7. The second kappa shape index (κ2) is 6.01. The lowest BCUT2D eigenvalue weighted by Gasteiger charge is -2.10. The van der Waals surface area contributed by atoms with Gasteiger partial charge in [0.2, 0.25) is 5.43 Å². The molecule has 0 radical (unpaired) electrons. The third-order valence-corrected chi connectivity index (χ3v) is 3.79. The Morgan fingerprint density at radius 3 is 2.59 bits per heavy atom. The summed E-state index contributed by atoms with van der Waals surface area (Å²) in [7, 11) is 0. The number of alkyl halides is 1. The van der Waals surface area contributed by atoms with Crippen LogP contribution in [-0.2, 0) is 6.42 Å². The molecule has 0 fully saturated rings. The van der Waals surface area contributed by atoms with Crippen molar-refractivity contribution in [3.05, 3.63) is 70.1 Å². The normalized spacial score (nSPS) is 11.0. The fourth-order valence-electron chi connectivity index (χ4n) is 2.41. The molecule has 0 spiro atoms. The molecule has 0 atom stereocenters. The van der Waals surface area contributed by atoms with Crippen LogP contribution < -0.4 is 5.43 Å². The van der Waals surface area contributed by atoms with Crippen molar-refractivity contribution >= 4 is 26.9 Å². The minimum Gasteiger partial charge on any atom is -0.460 e. The van der Waals surface area contributed by atoms with Crippen molar-refractivity contribution < 1.29 is 13.2 Å². The third-order valence-electron chi connectivity index (χ3n) is 3.39. The molecule has 0 unspecified atom stereocenters. The van der Waals surface area contributed by atoms with E-state index in [-0.39, 0.29) is 16.5 Å². The Morgan fingerprint density at radius 1 is 1.09 bits per heavy atom. The number of hydrogen-bond donors (Lipinski definition) is 0. The highest BCUT2D eigenvalue weighted by molar-refractivity contribution is 9.09. The maximum Gasteiger partial charge on any atom is 0.200 e. The van der Waals surface area contributed by atoms with Gasteiger partial charge in [-0.1, -0.05) is 34.1 Å². The number of halogens is 3. The van der Waals surface area contributed by atoms with Crippen molar-refractivity contribution in [2.75, 3.05) is 5.33 Å². The van der Waals surface area contributed by atoms with Crippen molar-refractivity contribution in [3.8, 4) is 11.1 Å². The Hall–Kier alpha value is -2.01. The van der Waals surface area contributed by atoms with Gasteiger partial charge in [0.15, 0.2) is 0 Å². The zero-order valence-corrected chi connectivity index (χ0v) is 13.0. The number of rotatable bonds is 3. The van der Waals surface area contributed by atoms with E-state index in [4.69, 9.17) is 4.42 Å². The minimum absolute atomic E-state index is 0.108. The standard InChI is InChI=1S/C17H11BrF2O2/c18-8-7-15-16(11-3-1-2-4-13(11)20)17(21)12-9-10(19)5-6-14(12)22-15/h1-6,9H,7-8H2. The number of aryl methyl sites for hydroxylation is 1. The quantitative estimate of drug-likeness (QED) is 0.631. The van der Waals surface area contributed by atoms with Gasteiger partial charge in [-0.15, -0.1) is 0 Å². The molecule has 5 heteroatoms. The number of benzene rings is 2. The third kappa shape index (κ3) is 2.57. The molecule has 0 bridgehead atoms. The molecule has 2 nitrogen and oxygen atoms in total. The second-order valence-electron chi connectivity index (χ2n) is 4.79. The first kappa shape index (κ1) is 14.9. The summed E-state index contributed by atoms with van der Waals surface area (Å²) in [6, 6.07) is 9.74. The summed E-state index contributed by atoms with van der Waals surface area (Å²) < 4.78 is 33.2. The van der Waals surface area contributed by atoms with Gasteiger partial charge in [-0.2, -0.15) is 0 Å². The van der Waals surface area contributed by atoms with Crippen molar-refractivity contribution in [2.45, 2.75) is 6.42 Å². The topological polar surface area (TPSA) is 30.2 Å². The SMILES string of the molecule is O=c1c(-c2ccccc2F)c(CCBr)oc2ccc(F)cc12. The van der Waals surface area contributed by atoms with Crippen molar-refractivity contribution in [1.82, 2.24) is 0 Å². The Morgan fingerprint density at radius 2 is 1.86 bits per heavy atom. The summed E-state index contributed by atoms with van der Waals surface area (Å²) in [5.41, 5.74) is 0.179. The predicted molar refractivity (Wildman–Crippen MR) is 85.3 cm³/mol. The average Bonchev–Trinajstić information content (AvgIpc) is 2.50. The van der Waals surface area contributed by atoms with Crippen LogP contribution in [0.25, 0.3) is 22.1 Å². The summed E-state index contributed by atoms with van der Waals surface area (Å²) in [5, 5.41) is 0.668. The molecular formula is C17H11BrF2O2. The number of fused-ring (bicyclic) bond motifs is 1. The van der Waals surface area contributed by atoms with E-state index in [2.05, 4.69) is 15.9 Å². The summed E-state index contributed by atoms with van der Waals surface area (Å²) in [6.07, 6.45) is 0.423. The van der Waals surface area contributed by atoms with E-state index in [1.165, 1.54) is 24.3 Å². The van der Waals surface area contributed by atoms with E-state index in [1.54, 1.807) is 12.1 Å². The first-order valence-corrected chi connectivity index (χ1v) is 7.80. The van der Waals surface area contributed by atoms with Crippen LogP contribution in [0.15, 0.2) is 51.7 Å². The molecule has 3 aromatic rings. The van der Waals surface area contributed by atoms with Gasteiger partial charge in [0.25, 0.3) is 0 Å². The summed E-state index contributed by atoms with van der Waals surface area (Å²) >= 11 is 3.30. The fraction of sp³-hybridized carbons (Fsp3) is 0.118. The van der Waals surface area contributed by atoms with E-state index >= 15 is 0 Å². The molecule has 0 aliphatic carbocycles. The van der Waals surface area contributed by atoms with Crippen LogP contribution in [-0.4, -0.2) is 5.33 Å². The van der Waals surface area contributed by atoms with Crippen molar-refractivity contribution in [1.29, 1.82) is 0 Å². The molecule has 0 saturated heterocycles. The molecule has 3 rings (SSSR count). The van der Waals surface area contributed by atoms with E-state index in [9.17, 15) is 13.6 Å². The Bertz CT molecular complexity index is 903. The average molecular weight is 365 g/mol. The fourth-order valence-corrected chi connectivity index (χ4v) is 2.77. The molecule has 112 valence electrons. The largest absolute Gasteiger partial charge is 0.460 e. The molecule has 1 heterocycles. The van der Waals surface area contributed by atoms with Gasteiger partial charge in [0.05, 0.1) is 10.9 Å². The molecule has 2 aromatic carbocycles. The Labute approximate surface area is 133 Å². The van der Waals surface area contributed by atoms with Crippen molar-refractivity contribution in [2.24, 2.45) is 0 Å². The van der Waals surface area contributed by atoms with Crippen LogP contribution in [0.4, 0.5) is 8.78 Å². The first-order chi connectivity index (χ1) is 10.6. The highest BCUT2D eigenvalue weighted by atomic mass is 79.9. The predicted octanol–water partition coefficient (Wildman–Crippen LogP) is 4.68. The molecule has 0 N–H and O–H groups in total. The van der Waals surface area contributed by atoms with Crippen LogP contribution in [0.1, 0.15) is 5.76 Å². The second-order valence-corrected chi connectivity index (χ2v) is 5.58. The molecule has 0 aliphatic heterocycles. The molecule has 0 saturated carbocycles. The Kier molecular flexibility index (Phi) is 4.07. The monoisotopic (exact) mass is 364 g/mol. The van der Waals surface area contributed by atoms with Crippen LogP contribution in [0.2, 0.25) is 0 Å². The molecular weight excluding hydrogens is 354 g/mol. The highest BCUT2D eigenvalue weighted by Gasteiger charge is 2.18. The van der Waals surface area contributed by atoms with E-state index < -0.39 is 17.1 Å².